The largest absolute Gasteiger partial charge is 0.313 e. The van der Waals surface area contributed by atoms with E-state index >= 15 is 0 Å². The first-order chi connectivity index (χ1) is 21.7. The number of thiophene rings is 1. The van der Waals surface area contributed by atoms with Crippen LogP contribution in [0.4, 0.5) is 5.00 Å². The topological polar surface area (TPSA) is 128 Å². The van der Waals surface area contributed by atoms with E-state index in [1.807, 2.05) is 48.5 Å². The van der Waals surface area contributed by atoms with Crippen LogP contribution in [0, 0.1) is 0 Å². The summed E-state index contributed by atoms with van der Waals surface area (Å²) < 4.78 is 28.1. The van der Waals surface area contributed by atoms with Crippen molar-refractivity contribution >= 4 is 44.1 Å². The first kappa shape index (κ1) is 32.0. The molecule has 12 heteroatoms. The molecular formula is C33H35N5O5S2. The smallest absolute Gasteiger partial charge is 0.272 e. The minimum atomic E-state index is -3.80. The summed E-state index contributed by atoms with van der Waals surface area (Å²) in [7, 11) is -3.80. The highest BCUT2D eigenvalue weighted by molar-refractivity contribution is 7.89. The molecule has 0 unspecified atom stereocenters. The van der Waals surface area contributed by atoms with Gasteiger partial charge in [0, 0.05) is 50.1 Å². The summed E-state index contributed by atoms with van der Waals surface area (Å²) in [5.41, 5.74) is 8.20. The van der Waals surface area contributed by atoms with Gasteiger partial charge in [0.1, 0.15) is 5.00 Å². The average molecular weight is 646 g/mol. The molecule has 0 aliphatic carbocycles. The zero-order valence-corrected chi connectivity index (χ0v) is 26.7. The first-order valence-electron chi connectivity index (χ1n) is 14.6. The van der Waals surface area contributed by atoms with Gasteiger partial charge < -0.3 is 5.32 Å². The van der Waals surface area contributed by atoms with Gasteiger partial charge in [0.2, 0.25) is 15.9 Å². The second-order valence-corrected chi connectivity index (χ2v) is 13.7. The van der Waals surface area contributed by atoms with E-state index < -0.39 is 27.7 Å². The standard InChI is InChI=1S/C33H35N5O5S2/c1-3-38(21-25-12-8-5-9-13-25)45(42,43)27-16-14-26(15-17-27)31(40)34-33-30(32(41)36-35-23(2)39)28-18-19-37(22-29(28)44-33)20-24-10-6-4-7-11-24/h4-17H,3,18-22H2,1-2H3,(H,34,40)(H,35,39)(H,36,41). The number of carbonyl (C=O) groups is 3. The average Bonchev–Trinajstić information content (AvgIpc) is 3.40. The molecule has 0 fully saturated rings. The highest BCUT2D eigenvalue weighted by Crippen LogP contribution is 2.38. The number of hydrazine groups is 1. The van der Waals surface area contributed by atoms with Crippen molar-refractivity contribution in [1.29, 1.82) is 0 Å². The van der Waals surface area contributed by atoms with E-state index in [2.05, 4.69) is 33.2 Å². The van der Waals surface area contributed by atoms with Crippen LogP contribution < -0.4 is 16.2 Å². The second kappa shape index (κ2) is 14.2. The van der Waals surface area contributed by atoms with Crippen LogP contribution in [0.1, 0.15) is 56.1 Å². The van der Waals surface area contributed by atoms with Crippen LogP contribution in [0.25, 0.3) is 0 Å². The zero-order chi connectivity index (χ0) is 32.0. The van der Waals surface area contributed by atoms with Crippen LogP contribution in [-0.2, 0) is 40.9 Å². The number of nitrogens with zero attached hydrogens (tertiary/aromatic N) is 2. The van der Waals surface area contributed by atoms with E-state index in [4.69, 9.17) is 0 Å². The van der Waals surface area contributed by atoms with Crippen molar-refractivity contribution < 1.29 is 22.8 Å². The van der Waals surface area contributed by atoms with Crippen LogP contribution in [0.3, 0.4) is 0 Å². The lowest BCUT2D eigenvalue weighted by molar-refractivity contribution is -0.119. The molecule has 4 aromatic rings. The zero-order valence-electron chi connectivity index (χ0n) is 25.1. The number of rotatable bonds is 10. The van der Waals surface area contributed by atoms with Gasteiger partial charge in [-0.1, -0.05) is 67.6 Å². The summed E-state index contributed by atoms with van der Waals surface area (Å²) in [5, 5.41) is 3.24. The van der Waals surface area contributed by atoms with Crippen LogP contribution in [0.5, 0.6) is 0 Å². The Labute approximate surface area is 267 Å². The molecule has 1 aliphatic heterocycles. The molecule has 3 N–H and O–H groups in total. The Bertz CT molecular complexity index is 1780. The van der Waals surface area contributed by atoms with Crippen molar-refractivity contribution in [3.63, 3.8) is 0 Å². The van der Waals surface area contributed by atoms with Crippen molar-refractivity contribution in [1.82, 2.24) is 20.1 Å². The fourth-order valence-electron chi connectivity index (χ4n) is 5.22. The number of hydrogen-bond acceptors (Lipinski definition) is 7. The van der Waals surface area contributed by atoms with E-state index in [9.17, 15) is 22.8 Å². The Morgan fingerprint density at radius 2 is 1.51 bits per heavy atom. The summed E-state index contributed by atoms with van der Waals surface area (Å²) in [6.45, 7) is 5.67. The molecule has 0 atom stereocenters. The van der Waals surface area contributed by atoms with Gasteiger partial charge in [-0.15, -0.1) is 11.3 Å². The van der Waals surface area contributed by atoms with Gasteiger partial charge in [-0.25, -0.2) is 8.42 Å². The van der Waals surface area contributed by atoms with Gasteiger partial charge >= 0.3 is 0 Å². The summed E-state index contributed by atoms with van der Waals surface area (Å²) in [5.74, 6) is -1.43. The molecule has 2 heterocycles. The minimum Gasteiger partial charge on any atom is -0.313 e. The molecule has 3 amide bonds. The Kier molecular flexibility index (Phi) is 10.1. The quantitative estimate of drug-likeness (QED) is 0.217. The second-order valence-electron chi connectivity index (χ2n) is 10.7. The molecule has 45 heavy (non-hydrogen) atoms. The number of nitrogens with one attached hydrogen (secondary N) is 3. The van der Waals surface area contributed by atoms with Gasteiger partial charge in [0.25, 0.3) is 11.8 Å². The summed E-state index contributed by atoms with van der Waals surface area (Å²) in [6.07, 6.45) is 0.598. The van der Waals surface area contributed by atoms with Gasteiger partial charge in [-0.3, -0.25) is 30.1 Å². The van der Waals surface area contributed by atoms with Gasteiger partial charge in [0.05, 0.1) is 10.5 Å². The number of sulfonamides is 1. The lowest BCUT2D eigenvalue weighted by atomic mass is 10.0. The van der Waals surface area contributed by atoms with Gasteiger partial charge in [0.15, 0.2) is 0 Å². The molecule has 234 valence electrons. The molecule has 0 saturated heterocycles. The predicted octanol–water partition coefficient (Wildman–Crippen LogP) is 4.55. The molecule has 0 spiro atoms. The molecule has 0 radical (unpaired) electrons. The van der Waals surface area contributed by atoms with Crippen molar-refractivity contribution in [3.05, 3.63) is 118 Å². The third-order valence-electron chi connectivity index (χ3n) is 7.50. The van der Waals surface area contributed by atoms with Gasteiger partial charge in [-0.2, -0.15) is 4.31 Å². The lowest BCUT2D eigenvalue weighted by Gasteiger charge is -2.27. The predicted molar refractivity (Wildman–Crippen MR) is 174 cm³/mol. The Balaban J connectivity index is 1.35. The van der Waals surface area contributed by atoms with E-state index in [1.54, 1.807) is 6.92 Å². The van der Waals surface area contributed by atoms with Crippen LogP contribution in [0.2, 0.25) is 0 Å². The summed E-state index contributed by atoms with van der Waals surface area (Å²) >= 11 is 1.33. The molecule has 0 saturated carbocycles. The number of hydrogen-bond donors (Lipinski definition) is 3. The minimum absolute atomic E-state index is 0.0808. The van der Waals surface area contributed by atoms with Crippen molar-refractivity contribution in [2.75, 3.05) is 18.4 Å². The van der Waals surface area contributed by atoms with Gasteiger partial charge in [-0.05, 0) is 47.4 Å². The van der Waals surface area contributed by atoms with E-state index in [-0.39, 0.29) is 23.5 Å². The normalized spacial score (nSPS) is 13.2. The van der Waals surface area contributed by atoms with Crippen molar-refractivity contribution in [2.45, 2.75) is 44.8 Å². The van der Waals surface area contributed by atoms with Crippen LogP contribution in [0.15, 0.2) is 89.8 Å². The van der Waals surface area contributed by atoms with E-state index in [0.29, 0.717) is 23.5 Å². The van der Waals surface area contributed by atoms with Crippen LogP contribution >= 0.6 is 11.3 Å². The van der Waals surface area contributed by atoms with Crippen molar-refractivity contribution in [3.8, 4) is 0 Å². The third kappa shape index (κ3) is 7.66. The van der Waals surface area contributed by atoms with Crippen LogP contribution in [-0.4, -0.2) is 48.4 Å². The monoisotopic (exact) mass is 645 g/mol. The highest BCUT2D eigenvalue weighted by Gasteiger charge is 2.30. The summed E-state index contributed by atoms with van der Waals surface area (Å²) in [4.78, 5) is 41.4. The molecule has 0 bridgehead atoms. The molecule has 5 rings (SSSR count). The number of carbonyl (C=O) groups excluding carboxylic acids is 3. The Morgan fingerprint density at radius 3 is 2.13 bits per heavy atom. The van der Waals surface area contributed by atoms with E-state index in [1.165, 1.54) is 52.4 Å². The molecule has 1 aromatic heterocycles. The lowest BCUT2D eigenvalue weighted by Crippen LogP contribution is -2.41. The maximum atomic E-state index is 13.4. The SMILES string of the molecule is CCN(Cc1ccccc1)S(=O)(=O)c1ccc(C(=O)Nc2sc3c(c2C(=O)NNC(C)=O)CCN(Cc2ccccc2)C3)cc1. The third-order valence-corrected chi connectivity index (χ3v) is 10.6. The molecule has 1 aliphatic rings. The maximum absolute atomic E-state index is 13.4. The fraction of sp³-hybridized carbons (Fsp3) is 0.242. The van der Waals surface area contributed by atoms with E-state index in [0.717, 1.165) is 29.1 Å². The maximum Gasteiger partial charge on any atom is 0.272 e. The number of fused-ring (bicyclic) bond motifs is 1. The summed E-state index contributed by atoms with van der Waals surface area (Å²) in [6, 6.07) is 25.2. The number of benzene rings is 3. The highest BCUT2D eigenvalue weighted by atomic mass is 32.2. The first-order valence-corrected chi connectivity index (χ1v) is 16.8. The molecule has 10 nitrogen and oxygen atoms in total. The number of anilines is 1. The van der Waals surface area contributed by atoms with Crippen molar-refractivity contribution in [2.24, 2.45) is 0 Å². The Morgan fingerprint density at radius 1 is 0.867 bits per heavy atom. The molecular weight excluding hydrogens is 611 g/mol. The number of amides is 3. The Hall–Kier alpha value is -4.36. The fourth-order valence-corrected chi connectivity index (χ4v) is 7.94. The molecule has 3 aromatic carbocycles.